The van der Waals surface area contributed by atoms with Crippen molar-refractivity contribution in [3.63, 3.8) is 0 Å². The summed E-state index contributed by atoms with van der Waals surface area (Å²) in [5.74, 6) is -0.921. The van der Waals surface area contributed by atoms with Crippen LogP contribution in [0.25, 0.3) is 10.2 Å². The number of fused-ring (bicyclic) bond motifs is 3. The first-order valence-electron chi connectivity index (χ1n) is 9.18. The van der Waals surface area contributed by atoms with Crippen LogP contribution in [0.3, 0.4) is 0 Å². The topological polar surface area (TPSA) is 123 Å². The Kier molecular flexibility index (Phi) is 5.01. The van der Waals surface area contributed by atoms with Crippen LogP contribution in [-0.2, 0) is 12.8 Å². The summed E-state index contributed by atoms with van der Waals surface area (Å²) < 4.78 is 6.31. The molecule has 1 aromatic carbocycles. The maximum Gasteiger partial charge on any atom is 0.282 e. The van der Waals surface area contributed by atoms with Crippen LogP contribution in [0, 0.1) is 10.1 Å². The number of rotatable bonds is 5. The van der Waals surface area contributed by atoms with Gasteiger partial charge in [-0.15, -0.1) is 11.3 Å². The van der Waals surface area contributed by atoms with Crippen LogP contribution in [0.2, 0.25) is 0 Å². The van der Waals surface area contributed by atoms with Gasteiger partial charge in [0.05, 0.1) is 23.1 Å². The van der Waals surface area contributed by atoms with Gasteiger partial charge in [-0.1, -0.05) is 0 Å². The quantitative estimate of drug-likeness (QED) is 0.360. The molecule has 0 N–H and O–H groups in total. The van der Waals surface area contributed by atoms with E-state index >= 15 is 0 Å². The molecule has 1 aliphatic carbocycles. The average molecular weight is 413 g/mol. The number of nitro benzene ring substituents is 1. The maximum atomic E-state index is 12.9. The lowest BCUT2D eigenvalue weighted by molar-refractivity contribution is -0.398. The molecule has 10 heteroatoms. The summed E-state index contributed by atoms with van der Waals surface area (Å²) in [6, 6.07) is 2.48. The van der Waals surface area contributed by atoms with Gasteiger partial charge in [-0.25, -0.2) is 4.98 Å². The Morgan fingerprint density at radius 1 is 1.38 bits per heavy atom. The molecule has 150 valence electrons. The number of ether oxygens (including phenoxy) is 1. The fourth-order valence-electron chi connectivity index (χ4n) is 3.43. The summed E-state index contributed by atoms with van der Waals surface area (Å²) in [7, 11) is 0. The first kappa shape index (κ1) is 19.1. The van der Waals surface area contributed by atoms with Crippen LogP contribution in [0.15, 0.2) is 28.4 Å². The fraction of sp³-hybridized carbons (Fsp3) is 0.316. The van der Waals surface area contributed by atoms with Crippen molar-refractivity contribution in [2.45, 2.75) is 32.6 Å². The van der Waals surface area contributed by atoms with Crippen molar-refractivity contribution in [2.75, 3.05) is 6.61 Å². The molecule has 0 fully saturated rings. The van der Waals surface area contributed by atoms with Gasteiger partial charge in [0.1, 0.15) is 16.9 Å². The van der Waals surface area contributed by atoms with Crippen molar-refractivity contribution in [3.8, 4) is 11.5 Å². The van der Waals surface area contributed by atoms with Crippen LogP contribution in [0.4, 0.5) is 5.69 Å². The van der Waals surface area contributed by atoms with Gasteiger partial charge in [-0.3, -0.25) is 14.9 Å². The summed E-state index contributed by atoms with van der Waals surface area (Å²) in [5.41, 5.74) is 0.457. The van der Waals surface area contributed by atoms with Crippen molar-refractivity contribution >= 4 is 33.5 Å². The molecule has 0 spiro atoms. The molecule has 0 saturated carbocycles. The summed E-state index contributed by atoms with van der Waals surface area (Å²) in [6.07, 6.45) is 6.59. The second-order valence-corrected chi connectivity index (χ2v) is 7.67. The minimum Gasteiger partial charge on any atom is -0.865 e. The van der Waals surface area contributed by atoms with Crippen LogP contribution in [-0.4, -0.2) is 27.4 Å². The Morgan fingerprint density at radius 2 is 2.17 bits per heavy atom. The molecule has 0 saturated heterocycles. The smallest absolute Gasteiger partial charge is 0.282 e. The summed E-state index contributed by atoms with van der Waals surface area (Å²) >= 11 is 1.55. The third kappa shape index (κ3) is 3.46. The molecule has 29 heavy (non-hydrogen) atoms. The van der Waals surface area contributed by atoms with Gasteiger partial charge in [0.25, 0.3) is 11.2 Å². The molecule has 2 aromatic heterocycles. The molecule has 3 aromatic rings. The Labute approximate surface area is 169 Å². The van der Waals surface area contributed by atoms with Gasteiger partial charge in [0.2, 0.25) is 0 Å². The molecular formula is C19H17N4O5S-. The molecule has 2 heterocycles. The van der Waals surface area contributed by atoms with Crippen molar-refractivity contribution in [3.05, 3.63) is 54.9 Å². The maximum absolute atomic E-state index is 12.9. The van der Waals surface area contributed by atoms with Gasteiger partial charge in [0.15, 0.2) is 0 Å². The molecule has 0 atom stereocenters. The minimum absolute atomic E-state index is 0.129. The third-order valence-corrected chi connectivity index (χ3v) is 5.94. The van der Waals surface area contributed by atoms with Crippen molar-refractivity contribution in [2.24, 2.45) is 5.10 Å². The van der Waals surface area contributed by atoms with Crippen LogP contribution in [0.1, 0.15) is 35.8 Å². The Morgan fingerprint density at radius 3 is 2.93 bits per heavy atom. The van der Waals surface area contributed by atoms with Crippen LogP contribution in [0.5, 0.6) is 11.5 Å². The number of hydrogen-bond donors (Lipinski definition) is 0. The highest BCUT2D eigenvalue weighted by Crippen LogP contribution is 2.35. The first-order chi connectivity index (χ1) is 14.0. The Balaban J connectivity index is 1.76. The van der Waals surface area contributed by atoms with E-state index in [0.717, 1.165) is 42.0 Å². The van der Waals surface area contributed by atoms with E-state index in [1.54, 1.807) is 18.3 Å². The highest BCUT2D eigenvalue weighted by atomic mass is 32.1. The number of nitrogens with zero attached hydrogens (tertiary/aromatic N) is 4. The van der Waals surface area contributed by atoms with Gasteiger partial charge in [-0.05, 0) is 44.2 Å². The van der Waals surface area contributed by atoms with Crippen molar-refractivity contribution in [1.82, 2.24) is 9.66 Å². The molecule has 9 nitrogen and oxygen atoms in total. The standard InChI is InChI=1S/C19H18N4O5S/c1-2-28-14-8-11(7-13(17(14)24)23(26)27)9-21-22-10-20-18-16(19(22)25)12-5-3-4-6-15(12)29-18/h7-10,24H,2-6H2,1H3/p-1/b21-9-. The number of thiophene rings is 1. The van der Waals surface area contributed by atoms with Crippen molar-refractivity contribution < 1.29 is 14.8 Å². The highest BCUT2D eigenvalue weighted by Gasteiger charge is 2.20. The summed E-state index contributed by atoms with van der Waals surface area (Å²) in [5, 5.41) is 27.9. The van der Waals surface area contributed by atoms with Gasteiger partial charge < -0.3 is 9.84 Å². The average Bonchev–Trinajstić information content (AvgIpc) is 3.09. The first-order valence-corrected chi connectivity index (χ1v) is 9.99. The Hall–Kier alpha value is -3.27. The summed E-state index contributed by atoms with van der Waals surface area (Å²) in [4.78, 5) is 29.6. The lowest BCUT2D eigenvalue weighted by Gasteiger charge is -2.14. The second-order valence-electron chi connectivity index (χ2n) is 6.59. The van der Waals surface area contributed by atoms with E-state index < -0.39 is 16.4 Å². The third-order valence-electron chi connectivity index (χ3n) is 4.74. The van der Waals surface area contributed by atoms with Gasteiger partial charge >= 0.3 is 0 Å². The van der Waals surface area contributed by atoms with E-state index in [-0.39, 0.29) is 23.5 Å². The number of hydrogen-bond acceptors (Lipinski definition) is 8. The fourth-order valence-corrected chi connectivity index (χ4v) is 4.65. The van der Waals surface area contributed by atoms with Gasteiger partial charge in [0, 0.05) is 22.3 Å². The molecule has 0 unspecified atom stereocenters. The predicted molar refractivity (Wildman–Crippen MR) is 107 cm³/mol. The largest absolute Gasteiger partial charge is 0.865 e. The lowest BCUT2D eigenvalue weighted by atomic mass is 9.97. The second kappa shape index (κ2) is 7.63. The van der Waals surface area contributed by atoms with E-state index in [9.17, 15) is 20.0 Å². The zero-order valence-corrected chi connectivity index (χ0v) is 16.4. The summed E-state index contributed by atoms with van der Waals surface area (Å²) in [6.45, 7) is 1.87. The van der Waals surface area contributed by atoms with Crippen LogP contribution < -0.4 is 15.4 Å². The zero-order valence-electron chi connectivity index (χ0n) is 15.6. The molecule has 0 amide bonds. The SMILES string of the molecule is CCOc1cc(/C=N\n2cnc3sc4c(c3c2=O)CCCC4)cc([N+](=O)[O-])c1[O-]. The molecule has 0 aliphatic heterocycles. The van der Waals surface area contributed by atoms with Crippen molar-refractivity contribution in [1.29, 1.82) is 0 Å². The van der Waals surface area contributed by atoms with Crippen LogP contribution >= 0.6 is 11.3 Å². The van der Waals surface area contributed by atoms with E-state index in [1.807, 2.05) is 0 Å². The number of nitro groups is 1. The molecular weight excluding hydrogens is 396 g/mol. The minimum atomic E-state index is -0.792. The van der Waals surface area contributed by atoms with E-state index in [0.29, 0.717) is 10.2 Å². The van der Waals surface area contributed by atoms with E-state index in [2.05, 4.69) is 10.1 Å². The highest BCUT2D eigenvalue weighted by molar-refractivity contribution is 7.18. The van der Waals surface area contributed by atoms with E-state index in [4.69, 9.17) is 4.74 Å². The molecule has 0 bridgehead atoms. The van der Waals surface area contributed by atoms with Gasteiger partial charge in [-0.2, -0.15) is 9.78 Å². The van der Waals surface area contributed by atoms with E-state index in [1.165, 1.54) is 23.5 Å². The monoisotopic (exact) mass is 413 g/mol. The normalized spacial score (nSPS) is 13.7. The number of aryl methyl sites for hydroxylation is 2. The molecule has 1 aliphatic rings. The zero-order chi connectivity index (χ0) is 20.5. The molecule has 0 radical (unpaired) electrons. The number of benzene rings is 1. The molecule has 4 rings (SSSR count). The predicted octanol–water partition coefficient (Wildman–Crippen LogP) is 2.60. The lowest BCUT2D eigenvalue weighted by Crippen LogP contribution is -2.18. The number of aromatic nitrogens is 2. The Bertz CT molecular complexity index is 1200.